The van der Waals surface area contributed by atoms with Crippen LogP contribution in [0.25, 0.3) is 0 Å². The first-order chi connectivity index (χ1) is 12.7. The van der Waals surface area contributed by atoms with E-state index in [1.807, 2.05) is 19.1 Å². The Hall–Kier alpha value is -2.08. The highest BCUT2D eigenvalue weighted by atomic mass is 16.5. The molecule has 1 unspecified atom stereocenters. The molecule has 2 aliphatic heterocycles. The molecule has 0 aliphatic carbocycles. The molecule has 2 saturated heterocycles. The van der Waals surface area contributed by atoms with Crippen LogP contribution in [0.4, 0.5) is 11.4 Å². The van der Waals surface area contributed by atoms with Crippen LogP contribution in [0.2, 0.25) is 0 Å². The molecule has 3 rings (SSSR count). The molecule has 0 radical (unpaired) electrons. The summed E-state index contributed by atoms with van der Waals surface area (Å²) < 4.78 is 5.13. The molecule has 26 heavy (non-hydrogen) atoms. The molecule has 1 aromatic carbocycles. The van der Waals surface area contributed by atoms with Gasteiger partial charge in [-0.25, -0.2) is 0 Å². The topological polar surface area (TPSA) is 63.1 Å². The second-order valence-corrected chi connectivity index (χ2v) is 7.26. The summed E-state index contributed by atoms with van der Waals surface area (Å²) in [6.45, 7) is 6.48. The zero-order valence-corrected chi connectivity index (χ0v) is 15.6. The van der Waals surface area contributed by atoms with Gasteiger partial charge in [-0.05, 0) is 56.9 Å². The van der Waals surface area contributed by atoms with E-state index >= 15 is 0 Å². The number of amides is 1. The molecule has 2 heterocycles. The number of quaternary nitrogens is 1. The van der Waals surface area contributed by atoms with Crippen LogP contribution in [-0.4, -0.2) is 51.2 Å². The lowest BCUT2D eigenvalue weighted by Crippen LogP contribution is -3.14. The van der Waals surface area contributed by atoms with E-state index in [-0.39, 0.29) is 17.8 Å². The number of carbonyl (C=O) groups is 2. The van der Waals surface area contributed by atoms with Gasteiger partial charge in [-0.1, -0.05) is 0 Å². The summed E-state index contributed by atoms with van der Waals surface area (Å²) in [5.41, 5.74) is 2.05. The third kappa shape index (κ3) is 4.97. The fourth-order valence-corrected chi connectivity index (χ4v) is 3.94. The van der Waals surface area contributed by atoms with Gasteiger partial charge in [0.05, 0.1) is 19.7 Å². The van der Waals surface area contributed by atoms with E-state index in [0.29, 0.717) is 19.7 Å². The number of esters is 1. The Labute approximate surface area is 155 Å². The van der Waals surface area contributed by atoms with Crippen LogP contribution in [0, 0.1) is 5.92 Å². The predicted molar refractivity (Wildman–Crippen MR) is 101 cm³/mol. The van der Waals surface area contributed by atoms with Gasteiger partial charge in [0.15, 0.2) is 6.54 Å². The van der Waals surface area contributed by atoms with Crippen LogP contribution in [0.5, 0.6) is 0 Å². The van der Waals surface area contributed by atoms with E-state index in [9.17, 15) is 9.59 Å². The van der Waals surface area contributed by atoms with Crippen LogP contribution < -0.4 is 15.1 Å². The van der Waals surface area contributed by atoms with Crippen molar-refractivity contribution in [3.05, 3.63) is 24.3 Å². The van der Waals surface area contributed by atoms with Gasteiger partial charge < -0.3 is 19.9 Å². The van der Waals surface area contributed by atoms with Gasteiger partial charge in [0.1, 0.15) is 5.92 Å². The van der Waals surface area contributed by atoms with Gasteiger partial charge in [0.2, 0.25) is 0 Å². The second-order valence-electron chi connectivity index (χ2n) is 7.26. The summed E-state index contributed by atoms with van der Waals surface area (Å²) in [6, 6.07) is 8.09. The maximum atomic E-state index is 12.4. The molecule has 0 aromatic heterocycles. The standard InChI is InChI=1S/C20H29N3O3/c1-2-26-20(25)16-6-5-11-22(14-16)15-19(24)21-17-7-9-18(10-8-17)23-12-3-4-13-23/h7-10,16H,2-6,11-15H2,1H3,(H,21,24)/p+1/t16-/m0/s1. The fraction of sp³-hybridized carbons (Fsp3) is 0.600. The van der Waals surface area contributed by atoms with Gasteiger partial charge in [-0.15, -0.1) is 0 Å². The summed E-state index contributed by atoms with van der Waals surface area (Å²) in [6.07, 6.45) is 4.33. The third-order valence-corrected chi connectivity index (χ3v) is 5.27. The fourth-order valence-electron chi connectivity index (χ4n) is 3.94. The van der Waals surface area contributed by atoms with Crippen LogP contribution >= 0.6 is 0 Å². The smallest absolute Gasteiger partial charge is 0.314 e. The Kier molecular flexibility index (Phi) is 6.50. The van der Waals surface area contributed by atoms with E-state index in [0.717, 1.165) is 43.1 Å². The number of nitrogens with zero attached hydrogens (tertiary/aromatic N) is 1. The molecular weight excluding hydrogens is 330 g/mol. The highest BCUT2D eigenvalue weighted by molar-refractivity contribution is 5.91. The van der Waals surface area contributed by atoms with Crippen molar-refractivity contribution >= 4 is 23.3 Å². The van der Waals surface area contributed by atoms with Crippen LogP contribution in [0.3, 0.4) is 0 Å². The average Bonchev–Trinajstić information content (AvgIpc) is 3.17. The number of rotatable bonds is 6. The van der Waals surface area contributed by atoms with Crippen molar-refractivity contribution in [2.45, 2.75) is 32.6 Å². The van der Waals surface area contributed by atoms with Gasteiger partial charge in [-0.2, -0.15) is 0 Å². The molecule has 1 amide bonds. The summed E-state index contributed by atoms with van der Waals surface area (Å²) in [5.74, 6) is -0.202. The monoisotopic (exact) mass is 360 g/mol. The van der Waals surface area contributed by atoms with E-state index in [2.05, 4.69) is 22.3 Å². The van der Waals surface area contributed by atoms with Crippen molar-refractivity contribution in [1.29, 1.82) is 0 Å². The molecule has 2 aliphatic rings. The van der Waals surface area contributed by atoms with Crippen molar-refractivity contribution in [3.63, 3.8) is 0 Å². The Morgan fingerprint density at radius 1 is 1.19 bits per heavy atom. The zero-order chi connectivity index (χ0) is 18.4. The van der Waals surface area contributed by atoms with Gasteiger partial charge >= 0.3 is 5.97 Å². The van der Waals surface area contributed by atoms with Crippen molar-refractivity contribution < 1.29 is 19.2 Å². The highest BCUT2D eigenvalue weighted by Crippen LogP contribution is 2.21. The lowest BCUT2D eigenvalue weighted by atomic mass is 9.98. The minimum Gasteiger partial charge on any atom is -0.466 e. The predicted octanol–water partition coefficient (Wildman–Crippen LogP) is 1.08. The molecule has 0 bridgehead atoms. The van der Waals surface area contributed by atoms with Crippen molar-refractivity contribution in [2.24, 2.45) is 5.92 Å². The average molecular weight is 360 g/mol. The van der Waals surface area contributed by atoms with Crippen LogP contribution in [0.15, 0.2) is 24.3 Å². The third-order valence-electron chi connectivity index (χ3n) is 5.27. The molecule has 6 nitrogen and oxygen atoms in total. The normalized spacial score (nSPS) is 22.9. The van der Waals surface area contributed by atoms with Gasteiger partial charge in [0, 0.05) is 24.5 Å². The highest BCUT2D eigenvalue weighted by Gasteiger charge is 2.30. The quantitative estimate of drug-likeness (QED) is 0.746. The maximum Gasteiger partial charge on any atom is 0.314 e. The van der Waals surface area contributed by atoms with E-state index in [1.165, 1.54) is 18.5 Å². The lowest BCUT2D eigenvalue weighted by Gasteiger charge is -2.28. The number of likely N-dealkylation sites (tertiary alicyclic amines) is 1. The number of carbonyl (C=O) groups excluding carboxylic acids is 2. The van der Waals surface area contributed by atoms with Crippen molar-refractivity contribution in [3.8, 4) is 0 Å². The zero-order valence-electron chi connectivity index (χ0n) is 15.6. The number of hydrogen-bond acceptors (Lipinski definition) is 4. The van der Waals surface area contributed by atoms with E-state index < -0.39 is 0 Å². The molecule has 2 fully saturated rings. The number of benzene rings is 1. The number of hydrogen-bond donors (Lipinski definition) is 2. The Bertz CT molecular complexity index is 611. The Morgan fingerprint density at radius 2 is 1.92 bits per heavy atom. The van der Waals surface area contributed by atoms with E-state index in [1.54, 1.807) is 0 Å². The molecule has 1 aromatic rings. The molecule has 0 saturated carbocycles. The Balaban J connectivity index is 1.48. The van der Waals surface area contributed by atoms with Crippen molar-refractivity contribution in [1.82, 2.24) is 0 Å². The SMILES string of the molecule is CCOC(=O)[C@H]1CCC[NH+](CC(=O)Nc2ccc(N3CCCC3)cc2)C1. The summed E-state index contributed by atoms with van der Waals surface area (Å²) in [5, 5.41) is 2.98. The molecular formula is C20H30N3O3+. The van der Waals surface area contributed by atoms with Crippen molar-refractivity contribution in [2.75, 3.05) is 49.5 Å². The first-order valence-corrected chi connectivity index (χ1v) is 9.80. The van der Waals surface area contributed by atoms with E-state index in [4.69, 9.17) is 4.74 Å². The minimum absolute atomic E-state index is 0.00145. The molecule has 2 atom stereocenters. The Morgan fingerprint density at radius 3 is 2.62 bits per heavy atom. The summed E-state index contributed by atoms with van der Waals surface area (Å²) in [7, 11) is 0. The van der Waals surface area contributed by atoms with Gasteiger partial charge in [0.25, 0.3) is 5.91 Å². The summed E-state index contributed by atoms with van der Waals surface area (Å²) in [4.78, 5) is 27.8. The number of anilines is 2. The number of nitrogens with one attached hydrogen (secondary N) is 2. The molecule has 142 valence electrons. The maximum absolute atomic E-state index is 12.4. The second kappa shape index (κ2) is 9.03. The van der Waals surface area contributed by atoms with Crippen LogP contribution in [0.1, 0.15) is 32.6 Å². The molecule has 6 heteroatoms. The first-order valence-electron chi connectivity index (χ1n) is 9.80. The summed E-state index contributed by atoms with van der Waals surface area (Å²) >= 11 is 0. The molecule has 0 spiro atoms. The number of piperidine rings is 1. The van der Waals surface area contributed by atoms with Gasteiger partial charge in [-0.3, -0.25) is 9.59 Å². The lowest BCUT2D eigenvalue weighted by molar-refractivity contribution is -0.899. The first kappa shape index (κ1) is 18.7. The minimum atomic E-state index is -0.123. The largest absolute Gasteiger partial charge is 0.466 e. The van der Waals surface area contributed by atoms with Crippen LogP contribution in [-0.2, 0) is 14.3 Å². The molecule has 2 N–H and O–H groups in total. The number of ether oxygens (including phenoxy) is 1.